The highest BCUT2D eigenvalue weighted by Gasteiger charge is 2.54. The molecule has 2 aliphatic rings. The van der Waals surface area contributed by atoms with Gasteiger partial charge in [-0.2, -0.15) is 0 Å². The Bertz CT molecular complexity index is 798. The number of hydrogen-bond acceptors (Lipinski definition) is 6. The average Bonchev–Trinajstić information content (AvgIpc) is 3.19. The quantitative estimate of drug-likeness (QED) is 0.816. The molecule has 0 saturated carbocycles. The van der Waals surface area contributed by atoms with Gasteiger partial charge >= 0.3 is 0 Å². The monoisotopic (exact) mass is 357 g/mol. The number of carbonyl (C=O) groups excluding carboxylic acids is 1. The number of hydrogen-bond donors (Lipinski definition) is 0. The third-order valence-electron chi connectivity index (χ3n) is 5.17. The molecule has 1 spiro atoms. The molecular formula is C19H23N3O4. The Balaban J connectivity index is 1.31. The van der Waals surface area contributed by atoms with E-state index in [1.165, 1.54) is 0 Å². The number of amides is 1. The second-order valence-electron chi connectivity index (χ2n) is 7.17. The summed E-state index contributed by atoms with van der Waals surface area (Å²) in [4.78, 5) is 18.6. The Morgan fingerprint density at radius 3 is 2.96 bits per heavy atom. The molecule has 2 saturated heterocycles. The summed E-state index contributed by atoms with van der Waals surface area (Å²) in [6.07, 6.45) is 0.951. The van der Waals surface area contributed by atoms with Crippen LogP contribution >= 0.6 is 0 Å². The van der Waals surface area contributed by atoms with Gasteiger partial charge in [-0.1, -0.05) is 11.2 Å². The van der Waals surface area contributed by atoms with Crippen LogP contribution < -0.4 is 0 Å². The molecule has 0 aliphatic carbocycles. The first kappa shape index (κ1) is 17.2. The molecule has 26 heavy (non-hydrogen) atoms. The van der Waals surface area contributed by atoms with Crippen molar-refractivity contribution in [1.82, 2.24) is 15.0 Å². The highest BCUT2D eigenvalue weighted by Crippen LogP contribution is 2.40. The Kier molecular flexibility index (Phi) is 4.50. The van der Waals surface area contributed by atoms with Crippen LogP contribution in [0, 0.1) is 19.8 Å². The summed E-state index contributed by atoms with van der Waals surface area (Å²) in [6.45, 7) is 6.72. The number of nitrogens with zero attached hydrogens (tertiary/aromatic N) is 3. The van der Waals surface area contributed by atoms with Gasteiger partial charge < -0.3 is 18.9 Å². The van der Waals surface area contributed by atoms with Crippen molar-refractivity contribution < 1.29 is 18.8 Å². The van der Waals surface area contributed by atoms with Gasteiger partial charge in [-0.3, -0.25) is 9.78 Å². The molecule has 2 aromatic rings. The highest BCUT2D eigenvalue weighted by atomic mass is 16.5. The van der Waals surface area contributed by atoms with Crippen LogP contribution in [0.1, 0.15) is 34.1 Å². The highest BCUT2D eigenvalue weighted by molar-refractivity contribution is 5.93. The van der Waals surface area contributed by atoms with Crippen LogP contribution in [0.15, 0.2) is 28.8 Å². The normalized spacial score (nSPS) is 21.2. The molecule has 2 aliphatic heterocycles. The van der Waals surface area contributed by atoms with Crippen LogP contribution in [0.3, 0.4) is 0 Å². The number of carbonyl (C=O) groups is 1. The van der Waals surface area contributed by atoms with Crippen molar-refractivity contribution in [3.05, 3.63) is 47.1 Å². The Labute approximate surface area is 152 Å². The Morgan fingerprint density at radius 2 is 2.23 bits per heavy atom. The molecule has 4 heterocycles. The summed E-state index contributed by atoms with van der Waals surface area (Å²) in [5.74, 6) is 0.818. The maximum atomic E-state index is 12.4. The molecule has 4 rings (SSSR count). The van der Waals surface area contributed by atoms with E-state index in [0.717, 1.165) is 17.8 Å². The fourth-order valence-corrected chi connectivity index (χ4v) is 3.73. The number of rotatable bonds is 5. The largest absolute Gasteiger partial charge is 0.375 e. The first-order valence-electron chi connectivity index (χ1n) is 8.93. The minimum absolute atomic E-state index is 0.105. The molecule has 1 atom stereocenters. The van der Waals surface area contributed by atoms with Crippen LogP contribution in [0.25, 0.3) is 0 Å². The molecule has 0 bridgehead atoms. The number of pyridine rings is 1. The zero-order valence-corrected chi connectivity index (χ0v) is 15.1. The van der Waals surface area contributed by atoms with Gasteiger partial charge in [-0.15, -0.1) is 0 Å². The van der Waals surface area contributed by atoms with Crippen molar-refractivity contribution >= 4 is 5.91 Å². The van der Waals surface area contributed by atoms with E-state index >= 15 is 0 Å². The van der Waals surface area contributed by atoms with Gasteiger partial charge in [0.05, 0.1) is 32.0 Å². The van der Waals surface area contributed by atoms with Gasteiger partial charge in [0, 0.05) is 24.3 Å². The van der Waals surface area contributed by atoms with E-state index in [1.54, 1.807) is 17.9 Å². The van der Waals surface area contributed by atoms with Crippen LogP contribution in [0.5, 0.6) is 0 Å². The summed E-state index contributed by atoms with van der Waals surface area (Å²) < 4.78 is 16.9. The van der Waals surface area contributed by atoms with Gasteiger partial charge in [0.1, 0.15) is 11.4 Å². The predicted molar refractivity (Wildman–Crippen MR) is 92.6 cm³/mol. The molecule has 7 nitrogen and oxygen atoms in total. The lowest BCUT2D eigenvalue weighted by atomic mass is 9.81. The molecule has 7 heteroatoms. The zero-order valence-electron chi connectivity index (χ0n) is 15.1. The van der Waals surface area contributed by atoms with Crippen molar-refractivity contribution in [2.75, 3.05) is 26.3 Å². The van der Waals surface area contributed by atoms with Crippen molar-refractivity contribution in [3.63, 3.8) is 0 Å². The second-order valence-corrected chi connectivity index (χ2v) is 7.17. The fraction of sp³-hybridized carbons (Fsp3) is 0.526. The number of likely N-dealkylation sites (tertiary alicyclic amines) is 1. The maximum Gasteiger partial charge on any atom is 0.276 e. The predicted octanol–water partition coefficient (Wildman–Crippen LogP) is 2.13. The smallest absolute Gasteiger partial charge is 0.276 e. The first-order chi connectivity index (χ1) is 12.6. The Hall–Kier alpha value is -2.25. The lowest BCUT2D eigenvalue weighted by Crippen LogP contribution is -2.66. The van der Waals surface area contributed by atoms with Crippen LogP contribution in [-0.4, -0.2) is 52.9 Å². The van der Waals surface area contributed by atoms with Crippen molar-refractivity contribution in [1.29, 1.82) is 0 Å². The maximum absolute atomic E-state index is 12.4. The van der Waals surface area contributed by atoms with Gasteiger partial charge in [-0.25, -0.2) is 0 Å². The third-order valence-corrected chi connectivity index (χ3v) is 5.17. The Morgan fingerprint density at radius 1 is 1.38 bits per heavy atom. The molecule has 0 aromatic carbocycles. The SMILES string of the molecule is Cc1cccc(COC[C@H]2CCOC23CN(C(=O)c2cc(C)on2)C3)n1. The molecule has 138 valence electrons. The fourth-order valence-electron chi connectivity index (χ4n) is 3.73. The van der Waals surface area contributed by atoms with Crippen LogP contribution in [-0.2, 0) is 16.1 Å². The number of aryl methyl sites for hydroxylation is 2. The molecule has 2 fully saturated rings. The van der Waals surface area contributed by atoms with Gasteiger partial charge in [-0.05, 0) is 32.4 Å². The van der Waals surface area contributed by atoms with E-state index < -0.39 is 0 Å². The van der Waals surface area contributed by atoms with E-state index in [1.807, 2.05) is 25.1 Å². The zero-order chi connectivity index (χ0) is 18.1. The molecule has 2 aromatic heterocycles. The summed E-state index contributed by atoms with van der Waals surface area (Å²) >= 11 is 0. The van der Waals surface area contributed by atoms with E-state index in [4.69, 9.17) is 14.0 Å². The van der Waals surface area contributed by atoms with Crippen LogP contribution in [0.4, 0.5) is 0 Å². The van der Waals surface area contributed by atoms with Crippen LogP contribution in [0.2, 0.25) is 0 Å². The summed E-state index contributed by atoms with van der Waals surface area (Å²) in [5, 5.41) is 3.80. The summed E-state index contributed by atoms with van der Waals surface area (Å²) in [7, 11) is 0. The van der Waals surface area contributed by atoms with Crippen molar-refractivity contribution in [2.45, 2.75) is 32.5 Å². The molecule has 0 N–H and O–H groups in total. The average molecular weight is 357 g/mol. The van der Waals surface area contributed by atoms with Gasteiger partial charge in [0.2, 0.25) is 0 Å². The summed E-state index contributed by atoms with van der Waals surface area (Å²) in [6, 6.07) is 7.59. The lowest BCUT2D eigenvalue weighted by molar-refractivity contribution is -0.129. The van der Waals surface area contributed by atoms with Gasteiger partial charge in [0.15, 0.2) is 5.69 Å². The topological polar surface area (TPSA) is 77.7 Å². The molecule has 0 unspecified atom stereocenters. The lowest BCUT2D eigenvalue weighted by Gasteiger charge is -2.49. The standard InChI is InChI=1S/C19H23N3O4/c1-13-4-3-5-16(20-13)10-24-9-15-6-7-25-19(15)11-22(12-19)18(23)17-8-14(2)26-21-17/h3-5,8,15H,6-7,9-12H2,1-2H3/t15-/m1/s1. The van der Waals surface area contributed by atoms with E-state index in [-0.39, 0.29) is 17.4 Å². The second kappa shape index (κ2) is 6.81. The molecule has 1 amide bonds. The number of ether oxygens (including phenoxy) is 2. The minimum atomic E-state index is -0.283. The first-order valence-corrected chi connectivity index (χ1v) is 8.93. The van der Waals surface area contributed by atoms with E-state index in [0.29, 0.717) is 44.4 Å². The van der Waals surface area contributed by atoms with Crippen molar-refractivity contribution in [2.24, 2.45) is 5.92 Å². The summed E-state index contributed by atoms with van der Waals surface area (Å²) in [5.41, 5.74) is 2.00. The molecule has 0 radical (unpaired) electrons. The van der Waals surface area contributed by atoms with E-state index in [2.05, 4.69) is 10.1 Å². The van der Waals surface area contributed by atoms with Crippen molar-refractivity contribution in [3.8, 4) is 0 Å². The third kappa shape index (κ3) is 3.24. The van der Waals surface area contributed by atoms with E-state index in [9.17, 15) is 4.79 Å². The minimum Gasteiger partial charge on any atom is -0.375 e. The number of aromatic nitrogens is 2. The molecular weight excluding hydrogens is 334 g/mol. The van der Waals surface area contributed by atoms with Gasteiger partial charge in [0.25, 0.3) is 5.91 Å².